The van der Waals surface area contributed by atoms with Crippen molar-refractivity contribution in [2.75, 3.05) is 13.2 Å². The number of nitrogens with one attached hydrogen (secondary N) is 2. The zero-order valence-electron chi connectivity index (χ0n) is 14.1. The van der Waals surface area contributed by atoms with Crippen LogP contribution in [-0.2, 0) is 11.2 Å². The Balaban J connectivity index is 1.86. The first-order chi connectivity index (χ1) is 11.4. The number of fused-ring (bicyclic) bond motifs is 3. The SMILES string of the molecule is C[Si](C)(C)CCOCC1Cc2[nH]nnc2-c2[nH]c(=O)c(C#N)cc21. The maximum absolute atomic E-state index is 12.0. The van der Waals surface area contributed by atoms with Crippen molar-refractivity contribution < 1.29 is 4.74 Å². The summed E-state index contributed by atoms with van der Waals surface area (Å²) in [5.74, 6) is 0.0698. The summed E-state index contributed by atoms with van der Waals surface area (Å²) in [5.41, 5.74) is 2.82. The molecule has 24 heavy (non-hydrogen) atoms. The van der Waals surface area contributed by atoms with Crippen LogP contribution in [0, 0.1) is 11.3 Å². The summed E-state index contributed by atoms with van der Waals surface area (Å²) in [5, 5.41) is 19.9. The zero-order valence-corrected chi connectivity index (χ0v) is 15.1. The Morgan fingerprint density at radius 2 is 2.25 bits per heavy atom. The van der Waals surface area contributed by atoms with Crippen molar-refractivity contribution in [2.24, 2.45) is 0 Å². The van der Waals surface area contributed by atoms with E-state index in [1.165, 1.54) is 0 Å². The minimum atomic E-state index is -1.13. The Hall–Kier alpha value is -2.24. The number of H-pyrrole nitrogens is 2. The van der Waals surface area contributed by atoms with Gasteiger partial charge in [0.2, 0.25) is 0 Å². The highest BCUT2D eigenvalue weighted by Crippen LogP contribution is 2.36. The minimum absolute atomic E-state index is 0.0698. The van der Waals surface area contributed by atoms with Crippen molar-refractivity contribution in [1.29, 1.82) is 5.26 Å². The standard InChI is InChI=1S/C16H21N5O2Si/c1-24(2,3)5-4-23-9-11-7-13-15(20-21-19-13)14-12(11)6-10(8-17)16(22)18-14/h6,11H,4-5,7,9H2,1-3H3,(H,18,22)(H,19,20,21). The second-order valence-electron chi connectivity index (χ2n) is 7.38. The Labute approximate surface area is 141 Å². The van der Waals surface area contributed by atoms with E-state index in [4.69, 9.17) is 10.00 Å². The van der Waals surface area contributed by atoms with E-state index < -0.39 is 13.6 Å². The molecule has 126 valence electrons. The first-order valence-electron chi connectivity index (χ1n) is 8.04. The molecule has 8 heteroatoms. The molecule has 0 radical (unpaired) electrons. The normalized spacial score (nSPS) is 16.3. The molecular weight excluding hydrogens is 322 g/mol. The summed E-state index contributed by atoms with van der Waals surface area (Å²) >= 11 is 0. The van der Waals surface area contributed by atoms with Crippen molar-refractivity contribution >= 4 is 8.07 Å². The number of pyridine rings is 1. The van der Waals surface area contributed by atoms with Gasteiger partial charge in [-0.25, -0.2) is 0 Å². The third-order valence-electron chi connectivity index (χ3n) is 4.26. The van der Waals surface area contributed by atoms with Crippen LogP contribution in [0.3, 0.4) is 0 Å². The fourth-order valence-corrected chi connectivity index (χ4v) is 3.60. The van der Waals surface area contributed by atoms with Crippen molar-refractivity contribution in [3.8, 4) is 17.5 Å². The molecule has 1 unspecified atom stereocenters. The first-order valence-corrected chi connectivity index (χ1v) is 11.7. The van der Waals surface area contributed by atoms with Crippen LogP contribution in [-0.4, -0.2) is 41.7 Å². The summed E-state index contributed by atoms with van der Waals surface area (Å²) in [4.78, 5) is 14.8. The molecule has 0 saturated heterocycles. The number of ether oxygens (including phenoxy) is 1. The molecule has 1 atom stereocenters. The molecule has 0 bridgehead atoms. The summed E-state index contributed by atoms with van der Waals surface area (Å²) in [7, 11) is -1.13. The van der Waals surface area contributed by atoms with Crippen LogP contribution < -0.4 is 5.56 Å². The molecular formula is C16H21N5O2Si. The van der Waals surface area contributed by atoms with Gasteiger partial charge in [0.05, 0.1) is 18.0 Å². The number of nitriles is 1. The minimum Gasteiger partial charge on any atom is -0.381 e. The second kappa shape index (κ2) is 6.34. The van der Waals surface area contributed by atoms with Gasteiger partial charge in [-0.1, -0.05) is 24.9 Å². The number of hydrogen-bond donors (Lipinski definition) is 2. The van der Waals surface area contributed by atoms with Gasteiger partial charge in [0.25, 0.3) is 5.56 Å². The lowest BCUT2D eigenvalue weighted by atomic mass is 9.86. The van der Waals surface area contributed by atoms with E-state index in [-0.39, 0.29) is 11.5 Å². The van der Waals surface area contributed by atoms with E-state index in [2.05, 4.69) is 40.0 Å². The average molecular weight is 343 g/mol. The third-order valence-corrected chi connectivity index (χ3v) is 5.96. The molecule has 7 nitrogen and oxygen atoms in total. The molecule has 2 N–H and O–H groups in total. The topological polar surface area (TPSA) is 107 Å². The van der Waals surface area contributed by atoms with Gasteiger partial charge >= 0.3 is 0 Å². The molecule has 0 fully saturated rings. The van der Waals surface area contributed by atoms with Gasteiger partial charge in [-0.15, -0.1) is 5.10 Å². The number of aromatic amines is 2. The van der Waals surface area contributed by atoms with Crippen LogP contribution in [0.25, 0.3) is 11.4 Å². The molecule has 2 heterocycles. The maximum Gasteiger partial charge on any atom is 0.266 e. The molecule has 2 aromatic rings. The molecule has 0 aliphatic heterocycles. The highest BCUT2D eigenvalue weighted by molar-refractivity contribution is 6.76. The number of hydrogen-bond acceptors (Lipinski definition) is 5. The van der Waals surface area contributed by atoms with Crippen LogP contribution in [0.4, 0.5) is 0 Å². The van der Waals surface area contributed by atoms with E-state index >= 15 is 0 Å². The molecule has 1 aliphatic carbocycles. The maximum atomic E-state index is 12.0. The molecule has 0 saturated carbocycles. The van der Waals surface area contributed by atoms with Crippen LogP contribution in [0.2, 0.25) is 25.7 Å². The van der Waals surface area contributed by atoms with Gasteiger partial charge in [0.1, 0.15) is 17.3 Å². The van der Waals surface area contributed by atoms with Crippen LogP contribution in [0.5, 0.6) is 0 Å². The van der Waals surface area contributed by atoms with Crippen LogP contribution >= 0.6 is 0 Å². The van der Waals surface area contributed by atoms with Crippen molar-refractivity contribution in [2.45, 2.75) is 38.0 Å². The van der Waals surface area contributed by atoms with Gasteiger partial charge in [0.15, 0.2) is 0 Å². The van der Waals surface area contributed by atoms with Gasteiger partial charge in [-0.2, -0.15) is 5.26 Å². The lowest BCUT2D eigenvalue weighted by molar-refractivity contribution is 0.130. The fraction of sp³-hybridized carbons (Fsp3) is 0.500. The molecule has 3 rings (SSSR count). The molecule has 0 spiro atoms. The van der Waals surface area contributed by atoms with E-state index in [9.17, 15) is 4.79 Å². The fourth-order valence-electron chi connectivity index (χ4n) is 2.85. The van der Waals surface area contributed by atoms with Crippen molar-refractivity contribution in [1.82, 2.24) is 20.4 Å². The smallest absolute Gasteiger partial charge is 0.266 e. The van der Waals surface area contributed by atoms with Gasteiger partial charge in [-0.05, 0) is 17.7 Å². The van der Waals surface area contributed by atoms with Crippen molar-refractivity contribution in [3.05, 3.63) is 33.2 Å². The Bertz CT molecular complexity index is 843. The Kier molecular flexibility index (Phi) is 4.39. The second-order valence-corrected chi connectivity index (χ2v) is 13.0. The van der Waals surface area contributed by atoms with E-state index in [0.29, 0.717) is 24.4 Å². The lowest BCUT2D eigenvalue weighted by Crippen LogP contribution is -2.24. The van der Waals surface area contributed by atoms with Gasteiger partial charge in [0, 0.05) is 27.0 Å². The Morgan fingerprint density at radius 3 is 2.96 bits per heavy atom. The van der Waals surface area contributed by atoms with Crippen LogP contribution in [0.15, 0.2) is 10.9 Å². The number of rotatable bonds is 5. The average Bonchev–Trinajstić information content (AvgIpc) is 2.98. The molecule has 0 amide bonds. The lowest BCUT2D eigenvalue weighted by Gasteiger charge is -2.24. The molecule has 2 aromatic heterocycles. The van der Waals surface area contributed by atoms with Crippen LogP contribution in [0.1, 0.15) is 22.7 Å². The highest BCUT2D eigenvalue weighted by atomic mass is 28.3. The summed E-state index contributed by atoms with van der Waals surface area (Å²) < 4.78 is 5.91. The van der Waals surface area contributed by atoms with E-state index in [1.54, 1.807) is 6.07 Å². The van der Waals surface area contributed by atoms with Crippen molar-refractivity contribution in [3.63, 3.8) is 0 Å². The molecule has 1 aliphatic rings. The quantitative estimate of drug-likeness (QED) is 0.638. The van der Waals surface area contributed by atoms with Gasteiger partial charge < -0.3 is 9.72 Å². The summed E-state index contributed by atoms with van der Waals surface area (Å²) in [6.07, 6.45) is 0.708. The zero-order chi connectivity index (χ0) is 17.3. The van der Waals surface area contributed by atoms with Gasteiger partial charge in [-0.3, -0.25) is 9.89 Å². The number of nitrogens with zero attached hydrogens (tertiary/aromatic N) is 3. The largest absolute Gasteiger partial charge is 0.381 e. The monoisotopic (exact) mass is 343 g/mol. The summed E-state index contributed by atoms with van der Waals surface area (Å²) in [6, 6.07) is 4.72. The molecule has 0 aromatic carbocycles. The third kappa shape index (κ3) is 3.32. The predicted molar refractivity (Wildman–Crippen MR) is 92.6 cm³/mol. The first kappa shape index (κ1) is 16.6. The Morgan fingerprint density at radius 1 is 1.46 bits per heavy atom. The summed E-state index contributed by atoms with van der Waals surface area (Å²) in [6.45, 7) is 8.24. The predicted octanol–water partition coefficient (Wildman–Crippen LogP) is 2.03. The highest BCUT2D eigenvalue weighted by Gasteiger charge is 2.29. The van der Waals surface area contributed by atoms with E-state index in [0.717, 1.165) is 23.9 Å². The number of aromatic nitrogens is 4. The van der Waals surface area contributed by atoms with E-state index in [1.807, 2.05) is 6.07 Å².